The molecule has 0 fully saturated rings. The smallest absolute Gasteiger partial charge is 0.207 e. The first-order valence-electron chi connectivity index (χ1n) is 5.08. The second-order valence-electron chi connectivity index (χ2n) is 3.62. The summed E-state index contributed by atoms with van der Waals surface area (Å²) in [4.78, 5) is -0.00685. The highest BCUT2D eigenvalue weighted by molar-refractivity contribution is 7.89. The average molecular weight is 256 g/mol. The zero-order chi connectivity index (χ0) is 13.1. The van der Waals surface area contributed by atoms with Gasteiger partial charge in [-0.05, 0) is 37.1 Å². The molecule has 0 aromatic heterocycles. The molecule has 0 aliphatic rings. The molecule has 1 unspecified atom stereocenters. The number of nitriles is 1. The maximum atomic E-state index is 12.9. The van der Waals surface area contributed by atoms with E-state index in [-0.39, 0.29) is 4.90 Å². The van der Waals surface area contributed by atoms with Gasteiger partial charge in [0.2, 0.25) is 10.0 Å². The molecule has 0 bridgehead atoms. The van der Waals surface area contributed by atoms with Crippen molar-refractivity contribution in [3.63, 3.8) is 0 Å². The van der Waals surface area contributed by atoms with Gasteiger partial charge in [-0.1, -0.05) is 6.92 Å². The molecule has 1 aromatic carbocycles. The van der Waals surface area contributed by atoms with Gasteiger partial charge < -0.3 is 0 Å². The molecule has 1 rings (SSSR count). The average Bonchev–Trinajstić information content (AvgIpc) is 2.25. The van der Waals surface area contributed by atoms with Crippen LogP contribution >= 0.6 is 0 Å². The molecule has 0 saturated heterocycles. The molecular formula is C11H13FN2O2S. The summed E-state index contributed by atoms with van der Waals surface area (Å²) in [5, 5.41) is 8.71. The minimum absolute atomic E-state index is 0.00685. The van der Waals surface area contributed by atoms with Crippen LogP contribution in [0.15, 0.2) is 23.1 Å². The van der Waals surface area contributed by atoms with Gasteiger partial charge in [0.25, 0.3) is 0 Å². The molecular weight excluding hydrogens is 243 g/mol. The molecule has 0 radical (unpaired) electrons. The molecule has 17 heavy (non-hydrogen) atoms. The molecule has 0 saturated carbocycles. The monoisotopic (exact) mass is 256 g/mol. The van der Waals surface area contributed by atoms with E-state index in [0.29, 0.717) is 12.0 Å². The van der Waals surface area contributed by atoms with Crippen LogP contribution in [0.4, 0.5) is 4.39 Å². The Bertz CT molecular complexity index is 549. The van der Waals surface area contributed by atoms with Crippen molar-refractivity contribution in [2.24, 2.45) is 0 Å². The van der Waals surface area contributed by atoms with E-state index >= 15 is 0 Å². The Morgan fingerprint density at radius 3 is 2.65 bits per heavy atom. The first-order chi connectivity index (χ1) is 7.90. The zero-order valence-corrected chi connectivity index (χ0v) is 10.4. The molecule has 0 heterocycles. The third-order valence-corrected chi connectivity index (χ3v) is 3.92. The molecule has 1 N–H and O–H groups in total. The van der Waals surface area contributed by atoms with Gasteiger partial charge in [0.15, 0.2) is 0 Å². The van der Waals surface area contributed by atoms with Gasteiger partial charge in [-0.3, -0.25) is 0 Å². The SMILES string of the molecule is CCC(C#N)NS(=O)(=O)c1ccc(F)cc1C. The lowest BCUT2D eigenvalue weighted by atomic mass is 10.2. The van der Waals surface area contributed by atoms with Crippen molar-refractivity contribution in [3.8, 4) is 6.07 Å². The van der Waals surface area contributed by atoms with E-state index in [4.69, 9.17) is 5.26 Å². The maximum Gasteiger partial charge on any atom is 0.241 e. The van der Waals surface area contributed by atoms with Crippen molar-refractivity contribution in [3.05, 3.63) is 29.6 Å². The first-order valence-corrected chi connectivity index (χ1v) is 6.57. The fraction of sp³-hybridized carbons (Fsp3) is 0.364. The minimum Gasteiger partial charge on any atom is -0.207 e. The number of hydrogen-bond acceptors (Lipinski definition) is 3. The van der Waals surface area contributed by atoms with Crippen molar-refractivity contribution in [1.29, 1.82) is 5.26 Å². The lowest BCUT2D eigenvalue weighted by Gasteiger charge is -2.11. The van der Waals surface area contributed by atoms with E-state index in [0.717, 1.165) is 12.1 Å². The summed E-state index contributed by atoms with van der Waals surface area (Å²) in [7, 11) is -3.77. The predicted octanol–water partition coefficient (Wildman–Crippen LogP) is 1.71. The van der Waals surface area contributed by atoms with Gasteiger partial charge in [-0.25, -0.2) is 12.8 Å². The van der Waals surface area contributed by atoms with Gasteiger partial charge >= 0.3 is 0 Å². The fourth-order valence-electron chi connectivity index (χ4n) is 1.37. The van der Waals surface area contributed by atoms with Gasteiger partial charge in [0.05, 0.1) is 11.0 Å². The highest BCUT2D eigenvalue weighted by atomic mass is 32.2. The lowest BCUT2D eigenvalue weighted by molar-refractivity contribution is 0.568. The molecule has 92 valence electrons. The Morgan fingerprint density at radius 2 is 2.18 bits per heavy atom. The van der Waals surface area contributed by atoms with Crippen LogP contribution in [0.25, 0.3) is 0 Å². The normalized spacial score (nSPS) is 13.1. The van der Waals surface area contributed by atoms with Crippen molar-refractivity contribution in [2.45, 2.75) is 31.2 Å². The van der Waals surface area contributed by atoms with Crippen LogP contribution in [0.5, 0.6) is 0 Å². The summed E-state index contributed by atoms with van der Waals surface area (Å²) in [6.45, 7) is 3.21. The largest absolute Gasteiger partial charge is 0.241 e. The predicted molar refractivity (Wildman–Crippen MR) is 61.2 cm³/mol. The fourth-order valence-corrected chi connectivity index (χ4v) is 2.82. The number of hydrogen-bond donors (Lipinski definition) is 1. The van der Waals surface area contributed by atoms with Crippen LogP contribution < -0.4 is 4.72 Å². The molecule has 1 atom stereocenters. The van der Waals surface area contributed by atoms with Crippen LogP contribution in [-0.2, 0) is 10.0 Å². The molecule has 4 nitrogen and oxygen atoms in total. The third-order valence-electron chi connectivity index (χ3n) is 2.29. The number of aryl methyl sites for hydroxylation is 1. The first kappa shape index (κ1) is 13.6. The summed E-state index contributed by atoms with van der Waals surface area (Å²) in [6.07, 6.45) is 0.371. The van der Waals surface area contributed by atoms with E-state index in [2.05, 4.69) is 4.72 Å². The molecule has 6 heteroatoms. The van der Waals surface area contributed by atoms with E-state index in [1.54, 1.807) is 6.92 Å². The number of rotatable bonds is 4. The number of nitrogens with one attached hydrogen (secondary N) is 1. The highest BCUT2D eigenvalue weighted by Crippen LogP contribution is 2.16. The summed E-state index contributed by atoms with van der Waals surface area (Å²) in [6, 6.07) is 4.48. The van der Waals surface area contributed by atoms with Crippen LogP contribution in [0.1, 0.15) is 18.9 Å². The Kier molecular flexibility index (Phi) is 4.21. The van der Waals surface area contributed by atoms with Crippen LogP contribution in [-0.4, -0.2) is 14.5 Å². The van der Waals surface area contributed by atoms with Crippen LogP contribution in [0, 0.1) is 24.1 Å². The third kappa shape index (κ3) is 3.25. The number of benzene rings is 1. The molecule has 1 aromatic rings. The van der Waals surface area contributed by atoms with Gasteiger partial charge in [-0.15, -0.1) is 0 Å². The van der Waals surface area contributed by atoms with E-state index in [1.807, 2.05) is 6.07 Å². The second-order valence-corrected chi connectivity index (χ2v) is 5.30. The van der Waals surface area contributed by atoms with Crippen molar-refractivity contribution >= 4 is 10.0 Å². The van der Waals surface area contributed by atoms with Crippen LogP contribution in [0.2, 0.25) is 0 Å². The van der Waals surface area contributed by atoms with Gasteiger partial charge in [0, 0.05) is 0 Å². The molecule has 0 aliphatic carbocycles. The summed E-state index contributed by atoms with van der Waals surface area (Å²) >= 11 is 0. The van der Waals surface area contributed by atoms with Crippen molar-refractivity contribution in [2.75, 3.05) is 0 Å². The van der Waals surface area contributed by atoms with E-state index < -0.39 is 21.9 Å². The minimum atomic E-state index is -3.77. The molecule has 0 aliphatic heterocycles. The summed E-state index contributed by atoms with van der Waals surface area (Å²) < 4.78 is 38.9. The lowest BCUT2D eigenvalue weighted by Crippen LogP contribution is -2.33. The standard InChI is InChI=1S/C11H13FN2O2S/c1-3-10(7-13)14-17(15,16)11-5-4-9(12)6-8(11)2/h4-6,10,14H,3H2,1-2H3. The van der Waals surface area contributed by atoms with Gasteiger partial charge in [-0.2, -0.15) is 9.98 Å². The Hall–Kier alpha value is -1.45. The van der Waals surface area contributed by atoms with E-state index in [1.165, 1.54) is 13.0 Å². The Labute approximate surface area is 100 Å². The quantitative estimate of drug-likeness (QED) is 0.891. The van der Waals surface area contributed by atoms with E-state index in [9.17, 15) is 12.8 Å². The Balaban J connectivity index is 3.10. The van der Waals surface area contributed by atoms with Crippen molar-refractivity contribution in [1.82, 2.24) is 4.72 Å². The number of nitrogens with zero attached hydrogens (tertiary/aromatic N) is 1. The second kappa shape index (κ2) is 5.25. The number of sulfonamides is 1. The van der Waals surface area contributed by atoms with Crippen LogP contribution in [0.3, 0.4) is 0 Å². The van der Waals surface area contributed by atoms with Crippen molar-refractivity contribution < 1.29 is 12.8 Å². The molecule has 0 amide bonds. The van der Waals surface area contributed by atoms with Gasteiger partial charge in [0.1, 0.15) is 11.9 Å². The zero-order valence-electron chi connectivity index (χ0n) is 9.57. The number of halogens is 1. The summed E-state index contributed by atoms with van der Waals surface area (Å²) in [5.74, 6) is -0.492. The topological polar surface area (TPSA) is 70.0 Å². The highest BCUT2D eigenvalue weighted by Gasteiger charge is 2.20. The maximum absolute atomic E-state index is 12.9. The Morgan fingerprint density at radius 1 is 1.53 bits per heavy atom. The summed E-state index contributed by atoms with van der Waals surface area (Å²) in [5.41, 5.74) is 0.310. The molecule has 0 spiro atoms.